The van der Waals surface area contributed by atoms with Crippen molar-refractivity contribution in [1.29, 1.82) is 0 Å². The Morgan fingerprint density at radius 2 is 1.90 bits per heavy atom. The second-order valence-electron chi connectivity index (χ2n) is 6.21. The van der Waals surface area contributed by atoms with Gasteiger partial charge in [-0.1, -0.05) is 18.2 Å². The second-order valence-corrected chi connectivity index (χ2v) is 6.21. The molecular formula is C17H25N3O. The first-order chi connectivity index (χ1) is 10.3. The van der Waals surface area contributed by atoms with Crippen LogP contribution in [0, 0.1) is 0 Å². The van der Waals surface area contributed by atoms with E-state index in [-0.39, 0.29) is 5.91 Å². The molecule has 2 fully saturated rings. The molecule has 2 aliphatic rings. The highest BCUT2D eigenvalue weighted by Crippen LogP contribution is 2.29. The Kier molecular flexibility index (Phi) is 4.56. The summed E-state index contributed by atoms with van der Waals surface area (Å²) in [6, 6.07) is 8.95. The lowest BCUT2D eigenvalue weighted by Crippen LogP contribution is -2.45. The Morgan fingerprint density at radius 1 is 1.19 bits per heavy atom. The zero-order valence-electron chi connectivity index (χ0n) is 12.6. The van der Waals surface area contributed by atoms with Crippen molar-refractivity contribution in [2.75, 3.05) is 19.6 Å². The number of nitrogens with two attached hydrogens (primary N) is 1. The molecule has 4 nitrogen and oxygen atoms in total. The first kappa shape index (κ1) is 14.5. The molecule has 0 atom stereocenters. The zero-order chi connectivity index (χ0) is 14.7. The fraction of sp³-hybridized carbons (Fsp3) is 0.588. The maximum atomic E-state index is 12.5. The van der Waals surface area contributed by atoms with Crippen LogP contribution in [0.2, 0.25) is 0 Å². The van der Waals surface area contributed by atoms with Gasteiger partial charge in [0.2, 0.25) is 0 Å². The third-order valence-electron chi connectivity index (χ3n) is 4.60. The number of nitrogens with zero attached hydrogens (tertiary/aromatic N) is 1. The molecule has 3 rings (SSSR count). The Morgan fingerprint density at radius 3 is 2.57 bits per heavy atom. The van der Waals surface area contributed by atoms with Crippen molar-refractivity contribution in [3.8, 4) is 0 Å². The summed E-state index contributed by atoms with van der Waals surface area (Å²) in [4.78, 5) is 15.0. The summed E-state index contributed by atoms with van der Waals surface area (Å²) in [5.41, 5.74) is 7.46. The molecule has 1 saturated heterocycles. The van der Waals surface area contributed by atoms with E-state index in [2.05, 4.69) is 10.2 Å². The zero-order valence-corrected chi connectivity index (χ0v) is 12.6. The lowest BCUT2D eigenvalue weighted by Gasteiger charge is -2.32. The molecule has 4 heteroatoms. The third-order valence-corrected chi connectivity index (χ3v) is 4.60. The molecule has 1 saturated carbocycles. The van der Waals surface area contributed by atoms with Gasteiger partial charge in [-0.05, 0) is 50.3 Å². The number of hydrogen-bond donors (Lipinski definition) is 2. The summed E-state index contributed by atoms with van der Waals surface area (Å²) in [5.74, 6) is 0.0592. The standard InChI is InChI=1S/C17H25N3O/c18-10-7-13-3-1-2-4-16(13)17(21)19-14-8-11-20(12-9-14)15-5-6-15/h1-4,14-15H,5-12,18H2,(H,19,21). The van der Waals surface area contributed by atoms with E-state index < -0.39 is 0 Å². The molecule has 1 heterocycles. The average molecular weight is 287 g/mol. The summed E-state index contributed by atoms with van der Waals surface area (Å²) in [6.07, 6.45) is 5.62. The van der Waals surface area contributed by atoms with Crippen LogP contribution in [0.25, 0.3) is 0 Å². The van der Waals surface area contributed by atoms with E-state index in [1.165, 1.54) is 12.8 Å². The number of carbonyl (C=O) groups excluding carboxylic acids is 1. The van der Waals surface area contributed by atoms with Crippen LogP contribution in [0.5, 0.6) is 0 Å². The SMILES string of the molecule is NCCc1ccccc1C(=O)NC1CCN(C2CC2)CC1. The van der Waals surface area contributed by atoms with Gasteiger partial charge in [0.25, 0.3) is 5.91 Å². The maximum Gasteiger partial charge on any atom is 0.251 e. The van der Waals surface area contributed by atoms with Crippen molar-refractivity contribution in [3.05, 3.63) is 35.4 Å². The van der Waals surface area contributed by atoms with E-state index in [0.717, 1.165) is 49.5 Å². The minimum atomic E-state index is 0.0592. The molecule has 0 unspecified atom stereocenters. The van der Waals surface area contributed by atoms with E-state index in [0.29, 0.717) is 12.6 Å². The number of carbonyl (C=O) groups is 1. The van der Waals surface area contributed by atoms with Gasteiger partial charge in [0, 0.05) is 30.7 Å². The Hall–Kier alpha value is -1.39. The first-order valence-corrected chi connectivity index (χ1v) is 8.11. The number of amides is 1. The van der Waals surface area contributed by atoms with Crippen LogP contribution in [0.15, 0.2) is 24.3 Å². The van der Waals surface area contributed by atoms with Gasteiger partial charge in [0.1, 0.15) is 0 Å². The number of rotatable bonds is 5. The van der Waals surface area contributed by atoms with Gasteiger partial charge in [0.05, 0.1) is 0 Å². The fourth-order valence-electron chi connectivity index (χ4n) is 3.23. The summed E-state index contributed by atoms with van der Waals surface area (Å²) in [7, 11) is 0. The van der Waals surface area contributed by atoms with Crippen molar-refractivity contribution in [2.45, 2.75) is 44.2 Å². The summed E-state index contributed by atoms with van der Waals surface area (Å²) in [6.45, 7) is 2.82. The van der Waals surface area contributed by atoms with E-state index >= 15 is 0 Å². The topological polar surface area (TPSA) is 58.4 Å². The van der Waals surface area contributed by atoms with Gasteiger partial charge >= 0.3 is 0 Å². The van der Waals surface area contributed by atoms with Crippen LogP contribution in [-0.2, 0) is 6.42 Å². The second kappa shape index (κ2) is 6.58. The Bertz CT molecular complexity index is 491. The molecule has 1 aromatic carbocycles. The van der Waals surface area contributed by atoms with Crippen LogP contribution in [0.4, 0.5) is 0 Å². The maximum absolute atomic E-state index is 12.5. The lowest BCUT2D eigenvalue weighted by atomic mass is 10.0. The highest BCUT2D eigenvalue weighted by atomic mass is 16.1. The Labute approximate surface area is 126 Å². The highest BCUT2D eigenvalue weighted by molar-refractivity contribution is 5.95. The number of nitrogens with one attached hydrogen (secondary N) is 1. The van der Waals surface area contributed by atoms with E-state index in [1.54, 1.807) is 0 Å². The number of hydrogen-bond acceptors (Lipinski definition) is 3. The fourth-order valence-corrected chi connectivity index (χ4v) is 3.23. The molecule has 0 aromatic heterocycles. The van der Waals surface area contributed by atoms with Gasteiger partial charge in [-0.3, -0.25) is 4.79 Å². The van der Waals surface area contributed by atoms with Gasteiger partial charge in [-0.15, -0.1) is 0 Å². The molecule has 1 aliphatic heterocycles. The number of benzene rings is 1. The lowest BCUT2D eigenvalue weighted by molar-refractivity contribution is 0.0908. The van der Waals surface area contributed by atoms with Crippen molar-refractivity contribution < 1.29 is 4.79 Å². The van der Waals surface area contributed by atoms with Crippen molar-refractivity contribution in [3.63, 3.8) is 0 Å². The largest absolute Gasteiger partial charge is 0.349 e. The van der Waals surface area contributed by atoms with Crippen molar-refractivity contribution in [1.82, 2.24) is 10.2 Å². The highest BCUT2D eigenvalue weighted by Gasteiger charge is 2.32. The van der Waals surface area contributed by atoms with Gasteiger partial charge in [0.15, 0.2) is 0 Å². The molecule has 1 amide bonds. The minimum Gasteiger partial charge on any atom is -0.349 e. The first-order valence-electron chi connectivity index (χ1n) is 8.11. The van der Waals surface area contributed by atoms with Crippen LogP contribution >= 0.6 is 0 Å². The van der Waals surface area contributed by atoms with Crippen LogP contribution in [0.1, 0.15) is 41.6 Å². The summed E-state index contributed by atoms with van der Waals surface area (Å²) < 4.78 is 0. The van der Waals surface area contributed by atoms with E-state index in [9.17, 15) is 4.79 Å². The molecule has 114 valence electrons. The van der Waals surface area contributed by atoms with E-state index in [1.807, 2.05) is 24.3 Å². The molecule has 0 spiro atoms. The Balaban J connectivity index is 1.56. The predicted molar refractivity (Wildman–Crippen MR) is 84.3 cm³/mol. The number of likely N-dealkylation sites (tertiary alicyclic amines) is 1. The summed E-state index contributed by atoms with van der Waals surface area (Å²) in [5, 5.41) is 3.21. The van der Waals surface area contributed by atoms with Crippen LogP contribution < -0.4 is 11.1 Å². The molecule has 21 heavy (non-hydrogen) atoms. The predicted octanol–water partition coefficient (Wildman–Crippen LogP) is 1.54. The molecule has 1 aromatic rings. The quantitative estimate of drug-likeness (QED) is 0.864. The molecular weight excluding hydrogens is 262 g/mol. The minimum absolute atomic E-state index is 0.0592. The van der Waals surface area contributed by atoms with Gasteiger partial charge in [-0.25, -0.2) is 0 Å². The van der Waals surface area contributed by atoms with Crippen molar-refractivity contribution >= 4 is 5.91 Å². The van der Waals surface area contributed by atoms with E-state index in [4.69, 9.17) is 5.73 Å². The van der Waals surface area contributed by atoms with Crippen molar-refractivity contribution in [2.24, 2.45) is 5.73 Å². The molecule has 0 bridgehead atoms. The molecule has 1 aliphatic carbocycles. The van der Waals surface area contributed by atoms with Gasteiger partial charge in [-0.2, -0.15) is 0 Å². The normalized spacial score (nSPS) is 20.4. The van der Waals surface area contributed by atoms with Crippen LogP contribution in [-0.4, -0.2) is 42.5 Å². The molecule has 0 radical (unpaired) electrons. The van der Waals surface area contributed by atoms with Gasteiger partial charge < -0.3 is 16.0 Å². The molecule has 3 N–H and O–H groups in total. The average Bonchev–Trinajstić information content (AvgIpc) is 3.34. The number of piperidine rings is 1. The smallest absolute Gasteiger partial charge is 0.251 e. The summed E-state index contributed by atoms with van der Waals surface area (Å²) >= 11 is 0. The third kappa shape index (κ3) is 3.63. The van der Waals surface area contributed by atoms with Crippen LogP contribution in [0.3, 0.4) is 0 Å². The monoisotopic (exact) mass is 287 g/mol.